The molecule has 148 valence electrons. The van der Waals surface area contributed by atoms with Gasteiger partial charge in [0.1, 0.15) is 5.75 Å². The number of ether oxygens (including phenoxy) is 1. The normalized spacial score (nSPS) is 16.0. The van der Waals surface area contributed by atoms with Crippen LogP contribution in [0.25, 0.3) is 5.57 Å². The third-order valence-electron chi connectivity index (χ3n) is 5.04. The lowest BCUT2D eigenvalue weighted by Crippen LogP contribution is -2.35. The molecule has 1 saturated heterocycles. The van der Waals surface area contributed by atoms with Gasteiger partial charge < -0.3 is 15.2 Å². The number of para-hydroxylation sites is 1. The van der Waals surface area contributed by atoms with Gasteiger partial charge in [-0.15, -0.1) is 0 Å². The molecule has 28 heavy (non-hydrogen) atoms. The summed E-state index contributed by atoms with van der Waals surface area (Å²) in [4.78, 5) is 14.8. The molecule has 1 aliphatic heterocycles. The van der Waals surface area contributed by atoms with Gasteiger partial charge in [0, 0.05) is 37.0 Å². The van der Waals surface area contributed by atoms with Crippen LogP contribution in [0.1, 0.15) is 30.9 Å². The Morgan fingerprint density at radius 3 is 2.71 bits per heavy atom. The minimum atomic E-state index is -0.167. The third-order valence-corrected chi connectivity index (χ3v) is 5.04. The number of aliphatic hydroxyl groups excluding tert-OH is 1. The zero-order valence-electron chi connectivity index (χ0n) is 16.5. The maximum Gasteiger partial charge on any atom is 0.248 e. The smallest absolute Gasteiger partial charge is 0.248 e. The van der Waals surface area contributed by atoms with Crippen molar-refractivity contribution in [2.45, 2.75) is 32.4 Å². The molecular weight excluding hydrogens is 352 g/mol. The van der Waals surface area contributed by atoms with Gasteiger partial charge in [-0.05, 0) is 49.1 Å². The lowest BCUT2D eigenvalue weighted by molar-refractivity contribution is -0.111. The van der Waals surface area contributed by atoms with E-state index in [-0.39, 0.29) is 12.0 Å². The van der Waals surface area contributed by atoms with Crippen LogP contribution >= 0.6 is 0 Å². The van der Waals surface area contributed by atoms with E-state index in [1.807, 2.05) is 49.4 Å². The van der Waals surface area contributed by atoms with Crippen LogP contribution < -0.4 is 10.1 Å². The summed E-state index contributed by atoms with van der Waals surface area (Å²) in [6.07, 6.45) is 3.07. The third kappa shape index (κ3) is 5.44. The van der Waals surface area contributed by atoms with Crippen LogP contribution in [0.3, 0.4) is 0 Å². The minimum absolute atomic E-state index is 0.165. The van der Waals surface area contributed by atoms with Crippen molar-refractivity contribution in [3.05, 3.63) is 65.7 Å². The zero-order chi connectivity index (χ0) is 19.9. The number of carbonyl (C=O) groups is 1. The molecule has 5 nitrogen and oxygen atoms in total. The number of rotatable bonds is 6. The average molecular weight is 380 g/mol. The van der Waals surface area contributed by atoms with Crippen molar-refractivity contribution in [1.82, 2.24) is 4.90 Å². The summed E-state index contributed by atoms with van der Waals surface area (Å²) in [5, 5.41) is 12.6. The average Bonchev–Trinajstić information content (AvgIpc) is 2.70. The quantitative estimate of drug-likeness (QED) is 0.751. The summed E-state index contributed by atoms with van der Waals surface area (Å²) in [6.45, 7) is 4.53. The van der Waals surface area contributed by atoms with E-state index in [0.29, 0.717) is 0 Å². The largest absolute Gasteiger partial charge is 0.496 e. The summed E-state index contributed by atoms with van der Waals surface area (Å²) >= 11 is 0. The first kappa shape index (κ1) is 20.1. The first-order valence-electron chi connectivity index (χ1n) is 9.67. The molecule has 5 heteroatoms. The summed E-state index contributed by atoms with van der Waals surface area (Å²) < 4.78 is 5.37. The number of piperidine rings is 1. The number of benzene rings is 2. The molecule has 3 rings (SSSR count). The summed E-state index contributed by atoms with van der Waals surface area (Å²) in [7, 11) is 1.63. The Hall–Kier alpha value is -2.63. The molecule has 0 bridgehead atoms. The highest BCUT2D eigenvalue weighted by atomic mass is 16.5. The zero-order valence-corrected chi connectivity index (χ0v) is 16.5. The second-order valence-corrected chi connectivity index (χ2v) is 7.22. The van der Waals surface area contributed by atoms with Crippen molar-refractivity contribution in [3.63, 3.8) is 0 Å². The first-order valence-corrected chi connectivity index (χ1v) is 9.67. The Balaban J connectivity index is 1.64. The van der Waals surface area contributed by atoms with Crippen LogP contribution in [0.4, 0.5) is 5.69 Å². The van der Waals surface area contributed by atoms with Gasteiger partial charge in [0.05, 0.1) is 13.2 Å². The topological polar surface area (TPSA) is 61.8 Å². The van der Waals surface area contributed by atoms with Crippen molar-refractivity contribution in [3.8, 4) is 5.75 Å². The van der Waals surface area contributed by atoms with Crippen LogP contribution in [0, 0.1) is 0 Å². The van der Waals surface area contributed by atoms with Gasteiger partial charge in [0.2, 0.25) is 5.91 Å². The molecule has 1 fully saturated rings. The molecule has 2 N–H and O–H groups in total. The fourth-order valence-corrected chi connectivity index (χ4v) is 3.51. The van der Waals surface area contributed by atoms with Crippen LogP contribution in [0.2, 0.25) is 0 Å². The van der Waals surface area contributed by atoms with E-state index in [0.717, 1.165) is 60.6 Å². The Bertz CT molecular complexity index is 839. The molecular formula is C23H28N2O3. The van der Waals surface area contributed by atoms with Crippen molar-refractivity contribution < 1.29 is 14.6 Å². The highest BCUT2D eigenvalue weighted by Gasteiger charge is 2.17. The highest BCUT2D eigenvalue weighted by Crippen LogP contribution is 2.25. The van der Waals surface area contributed by atoms with Crippen LogP contribution in [-0.2, 0) is 11.3 Å². The molecule has 1 aliphatic rings. The van der Waals surface area contributed by atoms with E-state index < -0.39 is 0 Å². The Labute approximate surface area is 166 Å². The summed E-state index contributed by atoms with van der Waals surface area (Å²) in [5.41, 5.74) is 3.68. The maximum absolute atomic E-state index is 12.5. The number of likely N-dealkylation sites (tertiary alicyclic amines) is 1. The predicted octanol–water partition coefficient (Wildman–Crippen LogP) is 3.69. The van der Waals surface area contributed by atoms with Gasteiger partial charge in [0.15, 0.2) is 0 Å². The number of hydrogen-bond donors (Lipinski definition) is 2. The van der Waals surface area contributed by atoms with Gasteiger partial charge in [-0.2, -0.15) is 0 Å². The van der Waals surface area contributed by atoms with Gasteiger partial charge in [-0.25, -0.2) is 0 Å². The molecule has 0 spiro atoms. The number of anilines is 1. The molecule has 0 aliphatic carbocycles. The SMILES string of the molecule is COc1ccccc1/C(C)=C/C(=O)Nc1cccc(CN2CCC(O)CC2)c1. The van der Waals surface area contributed by atoms with Crippen molar-refractivity contribution >= 4 is 17.2 Å². The first-order chi connectivity index (χ1) is 13.5. The standard InChI is InChI=1S/C23H28N2O3/c1-17(21-8-3-4-9-22(21)28-2)14-23(27)24-19-7-5-6-18(15-19)16-25-12-10-20(26)11-13-25/h3-9,14-15,20,26H,10-13,16H2,1-2H3,(H,24,27)/b17-14+. The number of nitrogens with one attached hydrogen (secondary N) is 1. The van der Waals surface area contributed by atoms with Gasteiger partial charge >= 0.3 is 0 Å². The second-order valence-electron chi connectivity index (χ2n) is 7.22. The molecule has 0 radical (unpaired) electrons. The number of amides is 1. The van der Waals surface area contributed by atoms with Crippen LogP contribution in [0.15, 0.2) is 54.6 Å². The maximum atomic E-state index is 12.5. The lowest BCUT2D eigenvalue weighted by Gasteiger charge is -2.29. The second kappa shape index (κ2) is 9.53. The minimum Gasteiger partial charge on any atom is -0.496 e. The molecule has 2 aromatic carbocycles. The highest BCUT2D eigenvalue weighted by molar-refractivity contribution is 6.04. The van der Waals surface area contributed by atoms with E-state index in [4.69, 9.17) is 4.74 Å². The number of allylic oxidation sites excluding steroid dienone is 1. The lowest BCUT2D eigenvalue weighted by atomic mass is 10.1. The Morgan fingerprint density at radius 1 is 1.21 bits per heavy atom. The number of methoxy groups -OCH3 is 1. The van der Waals surface area contributed by atoms with E-state index in [2.05, 4.69) is 16.3 Å². The van der Waals surface area contributed by atoms with Gasteiger partial charge in [-0.1, -0.05) is 30.3 Å². The summed E-state index contributed by atoms with van der Waals surface area (Å²) in [6, 6.07) is 15.6. The fraction of sp³-hybridized carbons (Fsp3) is 0.348. The van der Waals surface area contributed by atoms with Crippen molar-refractivity contribution in [1.29, 1.82) is 0 Å². The van der Waals surface area contributed by atoms with E-state index in [9.17, 15) is 9.90 Å². The number of hydrogen-bond acceptors (Lipinski definition) is 4. The molecule has 2 aromatic rings. The molecule has 0 atom stereocenters. The molecule has 0 aromatic heterocycles. The molecule has 1 heterocycles. The van der Waals surface area contributed by atoms with Crippen molar-refractivity contribution in [2.75, 3.05) is 25.5 Å². The predicted molar refractivity (Wildman–Crippen MR) is 112 cm³/mol. The van der Waals surface area contributed by atoms with Gasteiger partial charge in [-0.3, -0.25) is 9.69 Å². The Kier molecular flexibility index (Phi) is 6.85. The monoisotopic (exact) mass is 380 g/mol. The molecule has 1 amide bonds. The molecule has 0 unspecified atom stereocenters. The number of nitrogens with zero attached hydrogens (tertiary/aromatic N) is 1. The van der Waals surface area contributed by atoms with E-state index in [1.165, 1.54) is 0 Å². The van der Waals surface area contributed by atoms with E-state index in [1.54, 1.807) is 13.2 Å². The summed E-state index contributed by atoms with van der Waals surface area (Å²) in [5.74, 6) is 0.583. The van der Waals surface area contributed by atoms with Crippen LogP contribution in [-0.4, -0.2) is 42.2 Å². The van der Waals surface area contributed by atoms with Gasteiger partial charge in [0.25, 0.3) is 0 Å². The Morgan fingerprint density at radius 2 is 1.96 bits per heavy atom. The number of aliphatic hydroxyl groups is 1. The van der Waals surface area contributed by atoms with Crippen LogP contribution in [0.5, 0.6) is 5.75 Å². The van der Waals surface area contributed by atoms with E-state index >= 15 is 0 Å². The fourth-order valence-electron chi connectivity index (χ4n) is 3.51. The van der Waals surface area contributed by atoms with Crippen molar-refractivity contribution in [2.24, 2.45) is 0 Å². The number of carbonyl (C=O) groups excluding carboxylic acids is 1. The molecule has 0 saturated carbocycles.